The van der Waals surface area contributed by atoms with E-state index in [4.69, 9.17) is 14.8 Å². The van der Waals surface area contributed by atoms with E-state index in [1.165, 1.54) is 23.3 Å². The van der Waals surface area contributed by atoms with Crippen LogP contribution in [-0.4, -0.2) is 50.6 Å². The van der Waals surface area contributed by atoms with Crippen LogP contribution in [0.5, 0.6) is 0 Å². The second-order valence-corrected chi connectivity index (χ2v) is 10.1. The molecule has 202 valence electrons. The van der Waals surface area contributed by atoms with Crippen LogP contribution >= 0.6 is 0 Å². The van der Waals surface area contributed by atoms with Gasteiger partial charge in [0.05, 0.1) is 18.3 Å². The summed E-state index contributed by atoms with van der Waals surface area (Å²) >= 11 is 0. The predicted molar refractivity (Wildman–Crippen MR) is 149 cm³/mol. The van der Waals surface area contributed by atoms with E-state index in [0.717, 1.165) is 25.0 Å². The monoisotopic (exact) mass is 528 g/mol. The molecule has 8 heteroatoms. The van der Waals surface area contributed by atoms with Crippen molar-refractivity contribution < 1.29 is 18.7 Å². The summed E-state index contributed by atoms with van der Waals surface area (Å²) < 4.78 is 22.1. The molecule has 1 aliphatic carbocycles. The molecule has 1 atom stereocenters. The van der Waals surface area contributed by atoms with Gasteiger partial charge in [-0.1, -0.05) is 29.9 Å². The highest BCUT2D eigenvalue weighted by molar-refractivity contribution is 5.94. The highest BCUT2D eigenvalue weighted by Gasteiger charge is 2.32. The van der Waals surface area contributed by atoms with Crippen molar-refractivity contribution in [1.82, 2.24) is 19.5 Å². The number of halogens is 1. The Morgan fingerprint density at radius 3 is 2.72 bits per heavy atom. The first-order valence-electron chi connectivity index (χ1n) is 13.5. The zero-order valence-corrected chi connectivity index (χ0v) is 22.8. The van der Waals surface area contributed by atoms with Crippen LogP contribution in [0.25, 0.3) is 23.0 Å². The van der Waals surface area contributed by atoms with E-state index in [0.29, 0.717) is 29.1 Å². The third-order valence-electron chi connectivity index (χ3n) is 7.40. The molecule has 0 radical (unpaired) electrons. The maximum atomic E-state index is 15.5. The number of rotatable bonds is 7. The molecule has 1 unspecified atom stereocenters. The van der Waals surface area contributed by atoms with Gasteiger partial charge in [-0.15, -0.1) is 0 Å². The molecule has 1 aromatic carbocycles. The Morgan fingerprint density at radius 2 is 2.00 bits per heavy atom. The summed E-state index contributed by atoms with van der Waals surface area (Å²) in [6, 6.07) is 8.47. The number of benzene rings is 1. The lowest BCUT2D eigenvalue weighted by atomic mass is 9.94. The number of hydrogen-bond donors (Lipinski definition) is 0. The first-order chi connectivity index (χ1) is 18.8. The lowest BCUT2D eigenvalue weighted by molar-refractivity contribution is -0.137. The van der Waals surface area contributed by atoms with Gasteiger partial charge in [0, 0.05) is 41.4 Å². The number of ether oxygens (including phenoxy) is 1. The molecule has 0 spiro atoms. The average molecular weight is 529 g/mol. The smallest absolute Gasteiger partial charge is 0.330 e. The second kappa shape index (κ2) is 11.0. The number of fused-ring (bicyclic) bond motifs is 1. The molecule has 0 saturated heterocycles. The fourth-order valence-corrected chi connectivity index (χ4v) is 5.17. The summed E-state index contributed by atoms with van der Waals surface area (Å²) in [5.74, 6) is -0.844. The van der Waals surface area contributed by atoms with Crippen molar-refractivity contribution in [2.24, 2.45) is 0 Å². The summed E-state index contributed by atoms with van der Waals surface area (Å²) in [5.41, 5.74) is 5.23. The lowest BCUT2D eigenvalue weighted by Crippen LogP contribution is -2.43. The number of nitrogens with zero attached hydrogens (tertiary/aromatic N) is 4. The number of carbonyl (C=O) groups is 2. The van der Waals surface area contributed by atoms with Crippen LogP contribution in [0.15, 0.2) is 59.7 Å². The van der Waals surface area contributed by atoms with Gasteiger partial charge in [0.2, 0.25) is 0 Å². The molecule has 2 aliphatic rings. The molecular formula is C31H33FN4O3. The van der Waals surface area contributed by atoms with E-state index in [9.17, 15) is 9.59 Å². The highest BCUT2D eigenvalue weighted by Crippen LogP contribution is 2.41. The zero-order valence-electron chi connectivity index (χ0n) is 22.8. The van der Waals surface area contributed by atoms with Crippen LogP contribution < -0.4 is 0 Å². The Labute approximate surface area is 227 Å². The van der Waals surface area contributed by atoms with Crippen molar-refractivity contribution >= 4 is 23.6 Å². The Morgan fingerprint density at radius 1 is 1.21 bits per heavy atom. The van der Waals surface area contributed by atoms with Gasteiger partial charge >= 0.3 is 5.97 Å². The third kappa shape index (κ3) is 5.28. The Balaban J connectivity index is 1.52. The molecule has 0 bridgehead atoms. The summed E-state index contributed by atoms with van der Waals surface area (Å²) in [6.07, 6.45) is 9.54. The minimum absolute atomic E-state index is 0.0511. The second-order valence-electron chi connectivity index (χ2n) is 10.1. The molecule has 3 aromatic rings. The zero-order chi connectivity index (χ0) is 27.7. The first-order valence-corrected chi connectivity index (χ1v) is 13.5. The quantitative estimate of drug-likeness (QED) is 0.273. The fourth-order valence-electron chi connectivity index (χ4n) is 5.17. The number of amides is 1. The average Bonchev–Trinajstić information content (AvgIpc) is 3.68. The van der Waals surface area contributed by atoms with Crippen LogP contribution in [0.2, 0.25) is 0 Å². The van der Waals surface area contributed by atoms with Crippen LogP contribution in [0.3, 0.4) is 0 Å². The van der Waals surface area contributed by atoms with E-state index in [1.807, 2.05) is 24.0 Å². The minimum atomic E-state index is -0.531. The molecule has 5 rings (SSSR count). The van der Waals surface area contributed by atoms with Crippen molar-refractivity contribution in [3.8, 4) is 11.3 Å². The molecule has 0 N–H and O–H groups in total. The minimum Gasteiger partial charge on any atom is -0.463 e. The summed E-state index contributed by atoms with van der Waals surface area (Å²) in [7, 11) is 0. The van der Waals surface area contributed by atoms with Crippen LogP contribution in [-0.2, 0) is 9.53 Å². The highest BCUT2D eigenvalue weighted by atomic mass is 19.1. The maximum absolute atomic E-state index is 15.5. The number of esters is 1. The van der Waals surface area contributed by atoms with Crippen LogP contribution in [0.4, 0.5) is 4.39 Å². The van der Waals surface area contributed by atoms with Crippen molar-refractivity contribution in [1.29, 1.82) is 0 Å². The molecule has 3 heterocycles. The van der Waals surface area contributed by atoms with Gasteiger partial charge in [-0.05, 0) is 70.7 Å². The lowest BCUT2D eigenvalue weighted by Gasteiger charge is -2.35. The molecule has 39 heavy (non-hydrogen) atoms. The Hall–Kier alpha value is -4.07. The number of carbonyl (C=O) groups excluding carboxylic acids is 2. The SMILES string of the molecule is C/C=C\C1=C(C)CCN(C(=O)c2cc(C3CC3)n3nc(-c4cccc(/C=C/C(=O)OCC)c4F)cc3n2)C1C. The van der Waals surface area contributed by atoms with E-state index >= 15 is 4.39 Å². The first kappa shape index (κ1) is 26.5. The third-order valence-corrected chi connectivity index (χ3v) is 7.40. The van der Waals surface area contributed by atoms with Crippen LogP contribution in [0.1, 0.15) is 74.6 Å². The normalized spacial score (nSPS) is 18.1. The molecule has 7 nitrogen and oxygen atoms in total. The van der Waals surface area contributed by atoms with Gasteiger partial charge in [-0.2, -0.15) is 5.10 Å². The van der Waals surface area contributed by atoms with E-state index in [2.05, 4.69) is 19.9 Å². The Bertz CT molecular complexity index is 1530. The summed E-state index contributed by atoms with van der Waals surface area (Å²) in [4.78, 5) is 32.0. The van der Waals surface area contributed by atoms with Gasteiger partial charge in [0.25, 0.3) is 5.91 Å². The van der Waals surface area contributed by atoms with E-state index in [1.54, 1.807) is 35.7 Å². The van der Waals surface area contributed by atoms with Crippen molar-refractivity contribution in [3.63, 3.8) is 0 Å². The maximum Gasteiger partial charge on any atom is 0.330 e. The number of hydrogen-bond acceptors (Lipinski definition) is 5. The number of aromatic nitrogens is 3. The summed E-state index contributed by atoms with van der Waals surface area (Å²) in [6.45, 7) is 8.76. The standard InChI is InChI=1S/C31H33FN4O3/c1-5-8-23-19(3)15-16-35(20(23)4)31(38)26-17-27(21-11-12-21)36-28(33-26)18-25(34-36)24-10-7-9-22(30(24)32)13-14-29(37)39-6-2/h5,7-10,13-14,17-18,20-21H,6,11-12,15-16H2,1-4H3/b8-5-,14-13+. The van der Waals surface area contributed by atoms with Gasteiger partial charge in [-0.3, -0.25) is 4.79 Å². The van der Waals surface area contributed by atoms with Crippen molar-refractivity contribution in [2.75, 3.05) is 13.2 Å². The molecule has 1 saturated carbocycles. The number of allylic oxidation sites excluding steroid dienone is 1. The molecule has 2 aromatic heterocycles. The van der Waals surface area contributed by atoms with Crippen LogP contribution in [0, 0.1) is 5.82 Å². The van der Waals surface area contributed by atoms with Crippen molar-refractivity contribution in [2.45, 2.75) is 58.9 Å². The summed E-state index contributed by atoms with van der Waals surface area (Å²) in [5, 5.41) is 4.70. The molecule has 1 aliphatic heterocycles. The van der Waals surface area contributed by atoms with Gasteiger partial charge in [0.1, 0.15) is 11.5 Å². The van der Waals surface area contributed by atoms with Crippen molar-refractivity contribution in [3.05, 3.63) is 82.5 Å². The van der Waals surface area contributed by atoms with E-state index < -0.39 is 11.8 Å². The predicted octanol–water partition coefficient (Wildman–Crippen LogP) is 6.12. The topological polar surface area (TPSA) is 76.8 Å². The molecular weight excluding hydrogens is 495 g/mol. The van der Waals surface area contributed by atoms with Gasteiger partial charge in [0.15, 0.2) is 5.65 Å². The van der Waals surface area contributed by atoms with Gasteiger partial charge in [-0.25, -0.2) is 18.7 Å². The fraction of sp³-hybridized carbons (Fsp3) is 0.355. The Kier molecular flexibility index (Phi) is 7.46. The van der Waals surface area contributed by atoms with E-state index in [-0.39, 0.29) is 30.0 Å². The largest absolute Gasteiger partial charge is 0.463 e. The molecule has 1 fully saturated rings. The van der Waals surface area contributed by atoms with Gasteiger partial charge < -0.3 is 9.64 Å². The molecule has 1 amide bonds.